The van der Waals surface area contributed by atoms with Crippen molar-refractivity contribution in [2.75, 3.05) is 39.6 Å². The summed E-state index contributed by atoms with van der Waals surface area (Å²) in [6.45, 7) is 5.00. The smallest absolute Gasteiger partial charge is 0.462 e. The number of unbranched alkanes of at least 4 members (excludes halogenated alkanes) is 51. The van der Waals surface area contributed by atoms with E-state index in [-0.39, 0.29) is 25.7 Å². The molecule has 95 heavy (non-hydrogen) atoms. The average Bonchev–Trinajstić information content (AvgIpc) is 1.68. The maximum absolute atomic E-state index is 13.1. The van der Waals surface area contributed by atoms with E-state index in [1.54, 1.807) is 0 Å². The molecule has 0 spiro atoms. The highest BCUT2D eigenvalue weighted by Gasteiger charge is 2.30. The number of esters is 4. The first-order valence-electron chi connectivity index (χ1n) is 39.8. The van der Waals surface area contributed by atoms with Crippen molar-refractivity contribution in [3.63, 3.8) is 0 Å². The topological polar surface area (TPSA) is 237 Å². The minimum Gasteiger partial charge on any atom is -0.462 e. The van der Waals surface area contributed by atoms with Crippen molar-refractivity contribution >= 4 is 39.5 Å². The predicted octanol–water partition coefficient (Wildman–Crippen LogP) is 22.6. The van der Waals surface area contributed by atoms with Gasteiger partial charge in [0.2, 0.25) is 0 Å². The molecule has 2 unspecified atom stereocenters. The summed E-state index contributed by atoms with van der Waals surface area (Å²) in [7, 11) is -9.91. The Kier molecular flexibility index (Phi) is 69.1. The molecule has 0 saturated heterocycles. The second-order valence-electron chi connectivity index (χ2n) is 27.4. The second kappa shape index (κ2) is 70.5. The Bertz CT molecular complexity index is 1810. The molecule has 17 nitrogen and oxygen atoms in total. The third kappa shape index (κ3) is 70.3. The number of aliphatic hydroxyl groups is 1. The molecule has 3 N–H and O–H groups in total. The summed E-state index contributed by atoms with van der Waals surface area (Å²) in [5.41, 5.74) is 0. The Hall–Kier alpha value is -1.94. The molecule has 0 aromatic rings. The van der Waals surface area contributed by atoms with Crippen molar-refractivity contribution < 1.29 is 80.2 Å². The third-order valence-electron chi connectivity index (χ3n) is 17.9. The molecule has 0 saturated carbocycles. The van der Waals surface area contributed by atoms with Crippen LogP contribution in [0.2, 0.25) is 0 Å². The van der Waals surface area contributed by atoms with Crippen LogP contribution in [0.3, 0.4) is 0 Å². The first kappa shape index (κ1) is 93.1. The van der Waals surface area contributed by atoms with E-state index in [0.29, 0.717) is 25.7 Å². The zero-order valence-electron chi connectivity index (χ0n) is 61.6. The fraction of sp³-hybridized carbons (Fsp3) is 0.947. The minimum absolute atomic E-state index is 0.108. The molecule has 0 amide bonds. The van der Waals surface area contributed by atoms with Crippen LogP contribution >= 0.6 is 15.6 Å². The Labute approximate surface area is 581 Å². The molecular weight excluding hydrogens is 1250 g/mol. The molecule has 0 bridgehead atoms. The van der Waals surface area contributed by atoms with E-state index in [9.17, 15) is 43.2 Å². The van der Waals surface area contributed by atoms with Gasteiger partial charge in [-0.15, -0.1) is 0 Å². The number of hydrogen-bond donors (Lipinski definition) is 3. The van der Waals surface area contributed by atoms with Gasteiger partial charge in [0.25, 0.3) is 0 Å². The number of phosphoric ester groups is 2. The highest BCUT2D eigenvalue weighted by atomic mass is 31.2. The van der Waals surface area contributed by atoms with Gasteiger partial charge in [-0.05, 0) is 25.7 Å². The van der Waals surface area contributed by atoms with Crippen LogP contribution in [-0.2, 0) is 65.4 Å². The van der Waals surface area contributed by atoms with Crippen molar-refractivity contribution in [1.82, 2.24) is 0 Å². The maximum Gasteiger partial charge on any atom is 0.472 e. The van der Waals surface area contributed by atoms with E-state index in [2.05, 4.69) is 27.7 Å². The monoisotopic (exact) mass is 1400 g/mol. The van der Waals surface area contributed by atoms with E-state index in [0.717, 1.165) is 89.9 Å². The first-order chi connectivity index (χ1) is 46.2. The van der Waals surface area contributed by atoms with Crippen LogP contribution in [-0.4, -0.2) is 96.7 Å². The maximum atomic E-state index is 13.1. The molecule has 0 rings (SSSR count). The Morgan fingerprint density at radius 2 is 0.421 bits per heavy atom. The van der Waals surface area contributed by atoms with Gasteiger partial charge in [0, 0.05) is 25.7 Å². The van der Waals surface area contributed by atoms with E-state index in [1.807, 2.05) is 0 Å². The molecule has 0 aromatic carbocycles. The van der Waals surface area contributed by atoms with Gasteiger partial charge in [0.15, 0.2) is 12.2 Å². The largest absolute Gasteiger partial charge is 0.472 e. The van der Waals surface area contributed by atoms with Gasteiger partial charge in [-0.1, -0.05) is 355 Å². The molecule has 0 aromatic heterocycles. The van der Waals surface area contributed by atoms with Crippen molar-refractivity contribution in [2.45, 2.75) is 425 Å². The first-order valence-corrected chi connectivity index (χ1v) is 42.8. The van der Waals surface area contributed by atoms with E-state index in [1.165, 1.54) is 238 Å². The van der Waals surface area contributed by atoms with Gasteiger partial charge < -0.3 is 33.8 Å². The van der Waals surface area contributed by atoms with Crippen LogP contribution in [0.5, 0.6) is 0 Å². The van der Waals surface area contributed by atoms with Gasteiger partial charge in [-0.2, -0.15) is 0 Å². The van der Waals surface area contributed by atoms with Crippen LogP contribution in [0, 0.1) is 0 Å². The van der Waals surface area contributed by atoms with Crippen molar-refractivity contribution in [3.8, 4) is 0 Å². The molecule has 0 aliphatic heterocycles. The molecule has 0 radical (unpaired) electrons. The normalized spacial score (nSPS) is 13.9. The highest BCUT2D eigenvalue weighted by molar-refractivity contribution is 7.47. The SMILES string of the molecule is CCCCCCCCCCCCCCCCCCCC(=O)O[C@H](COC(=O)CCCCCCCCCCCCCCCC)COP(=O)(O)OC[C@@H](O)COP(=O)(O)OC[C@@H](COC(=O)CCCCCCCCCCCCCC)OC(=O)CCCCCCCCCCCCCC. The number of rotatable bonds is 77. The number of phosphoric acid groups is 2. The fourth-order valence-corrected chi connectivity index (χ4v) is 13.3. The summed E-state index contributed by atoms with van der Waals surface area (Å²) >= 11 is 0. The summed E-state index contributed by atoms with van der Waals surface area (Å²) in [5.74, 6) is -2.11. The highest BCUT2D eigenvalue weighted by Crippen LogP contribution is 2.45. The molecule has 0 aliphatic rings. The zero-order chi connectivity index (χ0) is 69.7. The number of aliphatic hydroxyl groups excluding tert-OH is 1. The standard InChI is InChI=1S/C76H148O17P2/c1-5-9-13-17-21-25-29-33-35-36-37-39-43-47-51-55-59-63-76(81)93-72(67-87-74(79)61-57-53-49-45-42-38-34-30-26-22-18-14-10-6-2)69-91-95(84,85)89-65-70(77)64-88-94(82,83)90-68-71(92-75(80)62-58-54-50-46-41-32-28-24-20-16-12-8-4)66-86-73(78)60-56-52-48-44-40-31-27-23-19-15-11-7-3/h70-72,77H,5-69H2,1-4H3,(H,82,83)(H,84,85)/t70-,71+,72+/m0/s1. The number of carbonyl (C=O) groups is 4. The molecule has 0 aliphatic carbocycles. The van der Waals surface area contributed by atoms with E-state index in [4.69, 9.17) is 37.0 Å². The van der Waals surface area contributed by atoms with Gasteiger partial charge in [0.1, 0.15) is 19.3 Å². The lowest BCUT2D eigenvalue weighted by atomic mass is 10.0. The molecule has 0 fully saturated rings. The summed E-state index contributed by atoms with van der Waals surface area (Å²) in [5, 5.41) is 10.6. The minimum atomic E-state index is -4.96. The van der Waals surface area contributed by atoms with Crippen LogP contribution in [0.15, 0.2) is 0 Å². The van der Waals surface area contributed by atoms with Crippen LogP contribution in [0.25, 0.3) is 0 Å². The van der Waals surface area contributed by atoms with Crippen molar-refractivity contribution in [2.24, 2.45) is 0 Å². The molecule has 0 heterocycles. The van der Waals surface area contributed by atoms with Gasteiger partial charge >= 0.3 is 39.5 Å². The summed E-state index contributed by atoms with van der Waals surface area (Å²) in [4.78, 5) is 72.8. The van der Waals surface area contributed by atoms with Gasteiger partial charge in [0.05, 0.1) is 26.4 Å². The van der Waals surface area contributed by atoms with Gasteiger partial charge in [-0.3, -0.25) is 37.3 Å². The summed E-state index contributed by atoms with van der Waals surface area (Å²) in [6, 6.07) is 0. The molecular formula is C76H148O17P2. The lowest BCUT2D eigenvalue weighted by molar-refractivity contribution is -0.161. The number of ether oxygens (including phenoxy) is 4. The lowest BCUT2D eigenvalue weighted by Gasteiger charge is -2.21. The Morgan fingerprint density at radius 1 is 0.253 bits per heavy atom. The lowest BCUT2D eigenvalue weighted by Crippen LogP contribution is -2.30. The predicted molar refractivity (Wildman–Crippen MR) is 386 cm³/mol. The summed E-state index contributed by atoms with van der Waals surface area (Å²) in [6.07, 6.45) is 60.8. The fourth-order valence-electron chi connectivity index (χ4n) is 11.8. The Morgan fingerprint density at radius 3 is 0.621 bits per heavy atom. The van der Waals surface area contributed by atoms with Crippen LogP contribution in [0.4, 0.5) is 0 Å². The molecule has 19 heteroatoms. The third-order valence-corrected chi connectivity index (χ3v) is 19.8. The molecule has 564 valence electrons. The van der Waals surface area contributed by atoms with Crippen LogP contribution < -0.4 is 0 Å². The quantitative estimate of drug-likeness (QED) is 0.0222. The van der Waals surface area contributed by atoms with E-state index < -0.39 is 97.5 Å². The summed E-state index contributed by atoms with van der Waals surface area (Å²) < 4.78 is 68.6. The zero-order valence-corrected chi connectivity index (χ0v) is 63.4. The second-order valence-corrected chi connectivity index (χ2v) is 30.3. The number of carbonyl (C=O) groups excluding carboxylic acids is 4. The van der Waals surface area contributed by atoms with Crippen LogP contribution in [0.1, 0.15) is 407 Å². The van der Waals surface area contributed by atoms with Crippen molar-refractivity contribution in [1.29, 1.82) is 0 Å². The van der Waals surface area contributed by atoms with E-state index >= 15 is 0 Å². The average molecular weight is 1400 g/mol. The number of hydrogen-bond acceptors (Lipinski definition) is 15. The van der Waals surface area contributed by atoms with Gasteiger partial charge in [-0.25, -0.2) is 9.13 Å². The molecule has 5 atom stereocenters. The van der Waals surface area contributed by atoms with Crippen molar-refractivity contribution in [3.05, 3.63) is 0 Å². The Balaban J connectivity index is 5.25.